The van der Waals surface area contributed by atoms with Crippen molar-refractivity contribution in [3.05, 3.63) is 98.5 Å². The molecule has 6 atom stereocenters. The van der Waals surface area contributed by atoms with Gasteiger partial charge in [0.15, 0.2) is 5.78 Å². The van der Waals surface area contributed by atoms with Crippen LogP contribution in [0.1, 0.15) is 102 Å². The van der Waals surface area contributed by atoms with Crippen molar-refractivity contribution in [3.8, 4) is 11.8 Å². The van der Waals surface area contributed by atoms with E-state index in [9.17, 15) is 29.2 Å². The van der Waals surface area contributed by atoms with Gasteiger partial charge in [-0.2, -0.15) is 5.26 Å². The molecule has 3 aromatic rings. The molecule has 1 saturated heterocycles. The molecular formula is C48H58Cl2F2N4O9. The lowest BCUT2D eigenvalue weighted by Gasteiger charge is -2.37. The highest BCUT2D eigenvalue weighted by atomic mass is 35.5. The van der Waals surface area contributed by atoms with Gasteiger partial charge in [0.05, 0.1) is 29.8 Å². The summed E-state index contributed by atoms with van der Waals surface area (Å²) >= 11 is 12.4. The zero-order valence-electron chi connectivity index (χ0n) is 38.6. The standard InChI is InChI=1S/C48H58Cl2F2N4O9/c1-26(2)40(55-42(58)27(3)56(10)45(61)65-47(7,8)9)44(60)64-20-19-63-43(59)29-16-15-28(36(22-29)62-11)21-35(57)41-38(31-13-12-14-33(50)39(31)52)48(25-53,37(54-41)24-46(4,5)6)32-18-17-30(49)23-34(32)51/h12-18,22-23,26-27,37-38,40-41,54H,19-21,24H2,1-11H3,(H,55,58)/t27-,37-,38-,40-,41-,48-/m0/s1. The summed E-state index contributed by atoms with van der Waals surface area (Å²) in [6.07, 6.45) is -0.731. The van der Waals surface area contributed by atoms with Gasteiger partial charge in [0, 0.05) is 41.6 Å². The van der Waals surface area contributed by atoms with E-state index in [1.165, 1.54) is 69.6 Å². The number of esters is 2. The molecule has 1 fully saturated rings. The Labute approximate surface area is 389 Å². The number of benzene rings is 3. The predicted molar refractivity (Wildman–Crippen MR) is 241 cm³/mol. The molecule has 0 unspecified atom stereocenters. The minimum atomic E-state index is -1.82. The number of carbonyl (C=O) groups excluding carboxylic acids is 5. The number of hydrogen-bond donors (Lipinski definition) is 2. The van der Waals surface area contributed by atoms with Gasteiger partial charge in [0.2, 0.25) is 5.91 Å². The Morgan fingerprint density at radius 1 is 0.954 bits per heavy atom. The number of rotatable bonds is 16. The Morgan fingerprint density at radius 3 is 2.20 bits per heavy atom. The van der Waals surface area contributed by atoms with E-state index in [-0.39, 0.29) is 58.5 Å². The quantitative estimate of drug-likeness (QED) is 0.0801. The summed E-state index contributed by atoms with van der Waals surface area (Å²) in [4.78, 5) is 67.4. The minimum Gasteiger partial charge on any atom is -0.496 e. The Morgan fingerprint density at radius 2 is 1.62 bits per heavy atom. The van der Waals surface area contributed by atoms with Crippen molar-refractivity contribution in [2.45, 2.75) is 116 Å². The lowest BCUT2D eigenvalue weighted by Crippen LogP contribution is -2.53. The Balaban J connectivity index is 1.51. The lowest BCUT2D eigenvalue weighted by molar-refractivity contribution is -0.150. The summed E-state index contributed by atoms with van der Waals surface area (Å²) in [5.74, 6) is -5.82. The zero-order chi connectivity index (χ0) is 48.8. The van der Waals surface area contributed by atoms with Crippen molar-refractivity contribution >= 4 is 52.9 Å². The maximum absolute atomic E-state index is 16.1. The average Bonchev–Trinajstić information content (AvgIpc) is 3.53. The van der Waals surface area contributed by atoms with Gasteiger partial charge in [-0.05, 0) is 81.3 Å². The third-order valence-corrected chi connectivity index (χ3v) is 11.6. The molecule has 0 aliphatic carbocycles. The number of ether oxygens (including phenoxy) is 4. The second-order valence-corrected chi connectivity index (χ2v) is 19.5. The zero-order valence-corrected chi connectivity index (χ0v) is 40.1. The maximum Gasteiger partial charge on any atom is 0.410 e. The molecule has 2 amide bonds. The van der Waals surface area contributed by atoms with E-state index in [4.69, 9.17) is 42.1 Å². The molecule has 65 heavy (non-hydrogen) atoms. The normalized spacial score (nSPS) is 19.4. The molecule has 0 aromatic heterocycles. The molecule has 2 N–H and O–H groups in total. The number of likely N-dealkylation sites (N-methyl/N-ethyl adjacent to an activating group) is 1. The first-order valence-corrected chi connectivity index (χ1v) is 21.9. The predicted octanol–water partition coefficient (Wildman–Crippen LogP) is 8.51. The van der Waals surface area contributed by atoms with Crippen LogP contribution in [0.2, 0.25) is 10.0 Å². The summed E-state index contributed by atoms with van der Waals surface area (Å²) in [7, 11) is 2.75. The van der Waals surface area contributed by atoms with Gasteiger partial charge in [-0.1, -0.05) is 82.1 Å². The summed E-state index contributed by atoms with van der Waals surface area (Å²) in [6.45, 7) is 15.1. The molecule has 0 spiro atoms. The van der Waals surface area contributed by atoms with Gasteiger partial charge >= 0.3 is 18.0 Å². The number of Topliss-reactive ketones (excluding diaryl/α,β-unsaturated/α-hetero) is 1. The van der Waals surface area contributed by atoms with Crippen LogP contribution in [0.5, 0.6) is 5.75 Å². The van der Waals surface area contributed by atoms with Crippen LogP contribution in [0, 0.1) is 34.3 Å². The van der Waals surface area contributed by atoms with E-state index >= 15 is 8.78 Å². The monoisotopic (exact) mass is 942 g/mol. The van der Waals surface area contributed by atoms with Crippen molar-refractivity contribution in [2.75, 3.05) is 27.4 Å². The third kappa shape index (κ3) is 12.5. The molecule has 1 heterocycles. The third-order valence-electron chi connectivity index (χ3n) is 11.1. The molecule has 13 nitrogen and oxygen atoms in total. The number of halogens is 4. The largest absolute Gasteiger partial charge is 0.496 e. The summed E-state index contributed by atoms with van der Waals surface area (Å²) in [5, 5.41) is 17.0. The van der Waals surface area contributed by atoms with Crippen LogP contribution in [-0.2, 0) is 40.4 Å². The highest BCUT2D eigenvalue weighted by molar-refractivity contribution is 6.31. The molecule has 4 rings (SSSR count). The van der Waals surface area contributed by atoms with E-state index in [2.05, 4.69) is 16.7 Å². The van der Waals surface area contributed by atoms with Crippen LogP contribution in [-0.4, -0.2) is 91.8 Å². The molecule has 1 aliphatic rings. The topological polar surface area (TPSA) is 173 Å². The fraction of sp³-hybridized carbons (Fsp3) is 0.500. The van der Waals surface area contributed by atoms with Crippen molar-refractivity contribution in [3.63, 3.8) is 0 Å². The Bertz CT molecular complexity index is 2310. The molecule has 0 radical (unpaired) electrons. The van der Waals surface area contributed by atoms with Crippen molar-refractivity contribution in [1.29, 1.82) is 5.26 Å². The van der Waals surface area contributed by atoms with Gasteiger partial charge in [-0.25, -0.2) is 23.2 Å². The number of nitrogens with zero attached hydrogens (tertiary/aromatic N) is 2. The summed E-state index contributed by atoms with van der Waals surface area (Å²) < 4.78 is 53.8. The molecule has 3 aromatic carbocycles. The average molecular weight is 944 g/mol. The van der Waals surface area contributed by atoms with Crippen LogP contribution >= 0.6 is 23.2 Å². The van der Waals surface area contributed by atoms with Gasteiger partial charge in [0.1, 0.15) is 53.7 Å². The summed E-state index contributed by atoms with van der Waals surface area (Å²) in [5.41, 5.74) is -2.74. The fourth-order valence-electron chi connectivity index (χ4n) is 7.81. The molecular weight excluding hydrogens is 885 g/mol. The molecule has 0 saturated carbocycles. The molecule has 17 heteroatoms. The number of nitriles is 1. The smallest absolute Gasteiger partial charge is 0.410 e. The Hall–Kier alpha value is -5.30. The van der Waals surface area contributed by atoms with E-state index in [1.54, 1.807) is 34.6 Å². The van der Waals surface area contributed by atoms with E-state index < -0.39 is 93.8 Å². The number of ketones is 1. The fourth-order valence-corrected chi connectivity index (χ4v) is 8.15. The number of carbonyl (C=O) groups is 5. The first kappa shape index (κ1) is 52.3. The second-order valence-electron chi connectivity index (χ2n) is 18.7. The lowest BCUT2D eigenvalue weighted by atomic mass is 9.62. The van der Waals surface area contributed by atoms with Crippen LogP contribution in [0.4, 0.5) is 13.6 Å². The van der Waals surface area contributed by atoms with Crippen LogP contribution in [0.3, 0.4) is 0 Å². The van der Waals surface area contributed by atoms with Gasteiger partial charge in [-0.3, -0.25) is 14.5 Å². The minimum absolute atomic E-state index is 0.0459. The molecule has 1 aliphatic heterocycles. The van der Waals surface area contributed by atoms with Crippen molar-refractivity contribution in [1.82, 2.24) is 15.5 Å². The number of hydrogen-bond acceptors (Lipinski definition) is 11. The highest BCUT2D eigenvalue weighted by Gasteiger charge is 2.61. The van der Waals surface area contributed by atoms with Crippen LogP contribution < -0.4 is 15.4 Å². The van der Waals surface area contributed by atoms with Gasteiger partial charge in [0.25, 0.3) is 0 Å². The number of methoxy groups -OCH3 is 1. The van der Waals surface area contributed by atoms with E-state index in [1.807, 2.05) is 20.8 Å². The number of nitrogens with one attached hydrogen (secondary N) is 2. The second kappa shape index (κ2) is 21.3. The molecule has 0 bridgehead atoms. The van der Waals surface area contributed by atoms with Crippen LogP contribution in [0.15, 0.2) is 54.6 Å². The van der Waals surface area contributed by atoms with Crippen molar-refractivity contribution in [2.24, 2.45) is 11.3 Å². The first-order valence-electron chi connectivity index (χ1n) is 21.1. The highest BCUT2D eigenvalue weighted by Crippen LogP contribution is 2.53. The van der Waals surface area contributed by atoms with E-state index in [0.29, 0.717) is 5.56 Å². The first-order chi connectivity index (χ1) is 30.3. The van der Waals surface area contributed by atoms with E-state index in [0.717, 1.165) is 11.0 Å². The maximum atomic E-state index is 16.1. The van der Waals surface area contributed by atoms with Crippen LogP contribution in [0.25, 0.3) is 0 Å². The summed E-state index contributed by atoms with van der Waals surface area (Å²) in [6, 6.07) is 10.7. The Kier molecular flexibility index (Phi) is 17.2. The number of amides is 2. The molecule has 352 valence electrons. The SMILES string of the molecule is COc1cc(C(=O)OCCOC(=O)[C@@H](NC(=O)[C@H](C)N(C)C(=O)OC(C)(C)C)C(C)C)ccc1CC(=O)[C@@H]1N[C@@H](CC(C)(C)C)[C@](C#N)(c2ccc(Cl)cc2F)[C@H]1c1cccc(Cl)c1F. The van der Waals surface area contributed by atoms with Gasteiger partial charge in [-0.15, -0.1) is 0 Å². The van der Waals surface area contributed by atoms with Crippen molar-refractivity contribution < 1.29 is 51.7 Å². The van der Waals surface area contributed by atoms with Gasteiger partial charge < -0.3 is 29.6 Å².